The van der Waals surface area contributed by atoms with Gasteiger partial charge in [0.25, 0.3) is 0 Å². The zero-order valence-electron chi connectivity index (χ0n) is 9.33. The van der Waals surface area contributed by atoms with Crippen molar-refractivity contribution in [2.75, 3.05) is 6.61 Å². The first-order chi connectivity index (χ1) is 6.88. The second-order valence-electron chi connectivity index (χ2n) is 4.13. The Labute approximate surface area is 89.2 Å². The van der Waals surface area contributed by atoms with Gasteiger partial charge in [-0.25, -0.2) is 4.79 Å². The fraction of sp³-hybridized carbons (Fsp3) is 0.636. The van der Waals surface area contributed by atoms with E-state index in [1.807, 2.05) is 0 Å². The van der Waals surface area contributed by atoms with Crippen LogP contribution in [0.15, 0.2) is 12.2 Å². The molecule has 1 saturated heterocycles. The first-order valence-electron chi connectivity index (χ1n) is 4.91. The van der Waals surface area contributed by atoms with Crippen LogP contribution in [0.25, 0.3) is 0 Å². The van der Waals surface area contributed by atoms with Crippen LogP contribution in [0.2, 0.25) is 0 Å². The molecule has 1 fully saturated rings. The van der Waals surface area contributed by atoms with Gasteiger partial charge < -0.3 is 9.47 Å². The number of rotatable bonds is 3. The maximum atomic E-state index is 11.5. The summed E-state index contributed by atoms with van der Waals surface area (Å²) in [6, 6.07) is 0. The van der Waals surface area contributed by atoms with Crippen molar-refractivity contribution in [1.82, 2.24) is 0 Å². The van der Waals surface area contributed by atoms with Gasteiger partial charge in [-0.2, -0.15) is 0 Å². The zero-order valence-corrected chi connectivity index (χ0v) is 9.33. The SMILES string of the molecule is C=C(C)C(=O)OC(C)C1(C)CCOC1=O. The number of esters is 2. The van der Waals surface area contributed by atoms with Gasteiger partial charge in [-0.1, -0.05) is 6.58 Å². The molecule has 4 heteroatoms. The molecular formula is C11H16O4. The van der Waals surface area contributed by atoms with Crippen LogP contribution >= 0.6 is 0 Å². The normalized spacial score (nSPS) is 27.0. The molecule has 0 aromatic rings. The molecule has 2 atom stereocenters. The predicted molar refractivity (Wildman–Crippen MR) is 54.1 cm³/mol. The van der Waals surface area contributed by atoms with Gasteiger partial charge in [-0.15, -0.1) is 0 Å². The molecule has 0 N–H and O–H groups in total. The number of carbonyl (C=O) groups is 2. The second kappa shape index (κ2) is 4.04. The molecular weight excluding hydrogens is 196 g/mol. The summed E-state index contributed by atoms with van der Waals surface area (Å²) in [5.41, 5.74) is -0.387. The van der Waals surface area contributed by atoms with Crippen LogP contribution in [-0.2, 0) is 19.1 Å². The van der Waals surface area contributed by atoms with Gasteiger partial charge in [-0.3, -0.25) is 4.79 Å². The Morgan fingerprint density at radius 3 is 2.67 bits per heavy atom. The van der Waals surface area contributed by atoms with Crippen LogP contribution in [-0.4, -0.2) is 24.6 Å². The minimum absolute atomic E-state index is 0.301. The minimum atomic E-state index is -0.717. The molecule has 0 spiro atoms. The van der Waals surface area contributed by atoms with E-state index in [-0.39, 0.29) is 5.97 Å². The Morgan fingerprint density at radius 1 is 1.67 bits per heavy atom. The van der Waals surface area contributed by atoms with Crippen LogP contribution in [0.4, 0.5) is 0 Å². The van der Waals surface area contributed by atoms with Crippen LogP contribution in [0.5, 0.6) is 0 Å². The van der Waals surface area contributed by atoms with E-state index in [1.54, 1.807) is 20.8 Å². The summed E-state index contributed by atoms with van der Waals surface area (Å²) in [6.45, 7) is 8.90. The van der Waals surface area contributed by atoms with E-state index in [2.05, 4.69) is 6.58 Å². The van der Waals surface area contributed by atoms with E-state index in [1.165, 1.54) is 0 Å². The van der Waals surface area contributed by atoms with Crippen molar-refractivity contribution in [3.05, 3.63) is 12.2 Å². The van der Waals surface area contributed by atoms with E-state index >= 15 is 0 Å². The van der Waals surface area contributed by atoms with Crippen LogP contribution in [0.3, 0.4) is 0 Å². The maximum absolute atomic E-state index is 11.5. The number of carbonyl (C=O) groups excluding carboxylic acids is 2. The van der Waals surface area contributed by atoms with Crippen LogP contribution in [0.1, 0.15) is 27.2 Å². The Hall–Kier alpha value is -1.32. The van der Waals surface area contributed by atoms with Crippen LogP contribution in [0, 0.1) is 5.41 Å². The molecule has 1 rings (SSSR count). The van der Waals surface area contributed by atoms with Crippen molar-refractivity contribution >= 4 is 11.9 Å². The summed E-state index contributed by atoms with van der Waals surface area (Å²) in [6.07, 6.45) is 0.0907. The predicted octanol–water partition coefficient (Wildman–Crippen LogP) is 1.45. The topological polar surface area (TPSA) is 52.6 Å². The number of cyclic esters (lactones) is 1. The molecule has 0 aliphatic carbocycles. The molecule has 0 bridgehead atoms. The highest BCUT2D eigenvalue weighted by molar-refractivity contribution is 5.87. The molecule has 84 valence electrons. The number of ether oxygens (including phenoxy) is 2. The number of hydrogen-bond acceptors (Lipinski definition) is 4. The molecule has 1 aliphatic rings. The highest BCUT2D eigenvalue weighted by Gasteiger charge is 2.46. The highest BCUT2D eigenvalue weighted by atomic mass is 16.6. The lowest BCUT2D eigenvalue weighted by atomic mass is 9.83. The standard InChI is InChI=1S/C11H16O4/c1-7(2)9(12)15-8(3)11(4)5-6-14-10(11)13/h8H,1,5-6H2,2-4H3. The molecule has 2 unspecified atom stereocenters. The van der Waals surface area contributed by atoms with Crippen molar-refractivity contribution < 1.29 is 19.1 Å². The summed E-state index contributed by atoms with van der Waals surface area (Å²) >= 11 is 0. The summed E-state index contributed by atoms with van der Waals surface area (Å²) < 4.78 is 10.0. The smallest absolute Gasteiger partial charge is 0.333 e. The van der Waals surface area contributed by atoms with Crippen molar-refractivity contribution in [2.24, 2.45) is 5.41 Å². The lowest BCUT2D eigenvalue weighted by Gasteiger charge is -2.26. The van der Waals surface area contributed by atoms with Crippen LogP contribution < -0.4 is 0 Å². The molecule has 0 aromatic carbocycles. The van der Waals surface area contributed by atoms with E-state index in [0.717, 1.165) is 0 Å². The van der Waals surface area contributed by atoms with Gasteiger partial charge in [0.05, 0.1) is 6.61 Å². The lowest BCUT2D eigenvalue weighted by molar-refractivity contribution is -0.159. The van der Waals surface area contributed by atoms with E-state index in [0.29, 0.717) is 18.6 Å². The van der Waals surface area contributed by atoms with Gasteiger partial charge in [0.2, 0.25) is 0 Å². The average molecular weight is 212 g/mol. The van der Waals surface area contributed by atoms with Crippen molar-refractivity contribution in [3.63, 3.8) is 0 Å². The first-order valence-corrected chi connectivity index (χ1v) is 4.91. The fourth-order valence-electron chi connectivity index (χ4n) is 1.38. The lowest BCUT2D eigenvalue weighted by Crippen LogP contribution is -2.37. The molecule has 0 radical (unpaired) electrons. The zero-order chi connectivity index (χ0) is 11.6. The van der Waals surface area contributed by atoms with Gasteiger partial charge in [0.1, 0.15) is 11.5 Å². The quantitative estimate of drug-likeness (QED) is 0.525. The molecule has 0 saturated carbocycles. The largest absolute Gasteiger partial charge is 0.465 e. The summed E-state index contributed by atoms with van der Waals surface area (Å²) in [5, 5.41) is 0. The fourth-order valence-corrected chi connectivity index (χ4v) is 1.38. The summed E-state index contributed by atoms with van der Waals surface area (Å²) in [5.74, 6) is -0.770. The first kappa shape index (κ1) is 11.8. The van der Waals surface area contributed by atoms with E-state index in [4.69, 9.17) is 9.47 Å². The summed E-state index contributed by atoms with van der Waals surface area (Å²) in [7, 11) is 0. The van der Waals surface area contributed by atoms with Gasteiger partial charge in [0.15, 0.2) is 0 Å². The Kier molecular flexibility index (Phi) is 3.17. The number of hydrogen-bond donors (Lipinski definition) is 0. The Morgan fingerprint density at radius 2 is 2.27 bits per heavy atom. The van der Waals surface area contributed by atoms with Gasteiger partial charge >= 0.3 is 11.9 Å². The second-order valence-corrected chi connectivity index (χ2v) is 4.13. The monoisotopic (exact) mass is 212 g/mol. The van der Waals surface area contributed by atoms with Crippen molar-refractivity contribution in [2.45, 2.75) is 33.3 Å². The average Bonchev–Trinajstić information content (AvgIpc) is 2.48. The maximum Gasteiger partial charge on any atom is 0.333 e. The van der Waals surface area contributed by atoms with E-state index < -0.39 is 17.5 Å². The van der Waals surface area contributed by atoms with Gasteiger partial charge in [-0.05, 0) is 20.8 Å². The third-order valence-electron chi connectivity index (χ3n) is 2.85. The molecule has 0 amide bonds. The van der Waals surface area contributed by atoms with Crippen molar-refractivity contribution in [3.8, 4) is 0 Å². The molecule has 4 nitrogen and oxygen atoms in total. The van der Waals surface area contributed by atoms with Gasteiger partial charge in [0, 0.05) is 12.0 Å². The molecule has 1 aliphatic heterocycles. The molecule has 15 heavy (non-hydrogen) atoms. The van der Waals surface area contributed by atoms with Crippen molar-refractivity contribution in [1.29, 1.82) is 0 Å². The molecule has 1 heterocycles. The van der Waals surface area contributed by atoms with E-state index in [9.17, 15) is 9.59 Å². The minimum Gasteiger partial charge on any atom is -0.465 e. The Balaban J connectivity index is 2.68. The molecule has 0 aromatic heterocycles. The Bertz CT molecular complexity index is 308. The highest BCUT2D eigenvalue weighted by Crippen LogP contribution is 2.34. The third-order valence-corrected chi connectivity index (χ3v) is 2.85. The summed E-state index contributed by atoms with van der Waals surface area (Å²) in [4.78, 5) is 22.7. The third kappa shape index (κ3) is 2.19.